The molecule has 1 unspecified atom stereocenters. The molecule has 0 radical (unpaired) electrons. The summed E-state index contributed by atoms with van der Waals surface area (Å²) in [4.78, 5) is 2.09. The summed E-state index contributed by atoms with van der Waals surface area (Å²) in [5, 5.41) is 0. The van der Waals surface area contributed by atoms with Crippen molar-refractivity contribution in [1.29, 1.82) is 0 Å². The van der Waals surface area contributed by atoms with Crippen molar-refractivity contribution < 1.29 is 4.74 Å². The van der Waals surface area contributed by atoms with Crippen LogP contribution in [0.3, 0.4) is 0 Å². The van der Waals surface area contributed by atoms with Crippen LogP contribution >= 0.6 is 0 Å². The first-order valence-corrected chi connectivity index (χ1v) is 5.66. The van der Waals surface area contributed by atoms with E-state index in [1.165, 1.54) is 0 Å². The Labute approximate surface area is 98.2 Å². The van der Waals surface area contributed by atoms with Crippen molar-refractivity contribution >= 4 is 0 Å². The van der Waals surface area contributed by atoms with Gasteiger partial charge in [-0.25, -0.2) is 0 Å². The molecule has 1 aromatic carbocycles. The van der Waals surface area contributed by atoms with E-state index in [1.807, 2.05) is 52.2 Å². The maximum atomic E-state index is 6.06. The molecule has 1 rings (SSSR count). The minimum Gasteiger partial charge on any atom is -0.491 e. The summed E-state index contributed by atoms with van der Waals surface area (Å²) in [6.07, 6.45) is 0.210. The zero-order chi connectivity index (χ0) is 12.1. The highest BCUT2D eigenvalue weighted by Gasteiger charge is 2.07. The minimum absolute atomic E-state index is 0.0584. The molecule has 0 aliphatic rings. The van der Waals surface area contributed by atoms with Crippen LogP contribution in [0.5, 0.6) is 5.75 Å². The molecule has 0 aromatic heterocycles. The first kappa shape index (κ1) is 13.0. The summed E-state index contributed by atoms with van der Waals surface area (Å²) in [6.45, 7) is 4.89. The second kappa shape index (κ2) is 5.87. The van der Waals surface area contributed by atoms with Gasteiger partial charge in [0.15, 0.2) is 0 Å². The number of hydrogen-bond donors (Lipinski definition) is 1. The maximum absolute atomic E-state index is 6.06. The molecule has 0 saturated heterocycles. The number of likely N-dealkylation sites (N-methyl/N-ethyl adjacent to an activating group) is 1. The SMILES string of the molecule is CC(C)Oc1ccc(C(N)CN(C)C)cc1. The Morgan fingerprint density at radius 3 is 2.19 bits per heavy atom. The van der Waals surface area contributed by atoms with Crippen molar-refractivity contribution in [1.82, 2.24) is 4.90 Å². The second-order valence-electron chi connectivity index (χ2n) is 4.60. The predicted molar refractivity (Wildman–Crippen MR) is 67.7 cm³/mol. The Morgan fingerprint density at radius 1 is 1.19 bits per heavy atom. The lowest BCUT2D eigenvalue weighted by Crippen LogP contribution is -2.25. The van der Waals surface area contributed by atoms with E-state index >= 15 is 0 Å². The van der Waals surface area contributed by atoms with Crippen molar-refractivity contribution in [2.45, 2.75) is 26.0 Å². The smallest absolute Gasteiger partial charge is 0.119 e. The van der Waals surface area contributed by atoms with E-state index in [0.29, 0.717) is 0 Å². The summed E-state index contributed by atoms with van der Waals surface area (Å²) < 4.78 is 5.58. The molecule has 0 aliphatic heterocycles. The highest BCUT2D eigenvalue weighted by Crippen LogP contribution is 2.17. The third-order valence-corrected chi connectivity index (χ3v) is 2.24. The van der Waals surface area contributed by atoms with Crippen LogP contribution in [0, 0.1) is 0 Å². The largest absolute Gasteiger partial charge is 0.491 e. The molecule has 3 heteroatoms. The normalized spacial score (nSPS) is 13.2. The van der Waals surface area contributed by atoms with Gasteiger partial charge in [-0.3, -0.25) is 0 Å². The van der Waals surface area contributed by atoms with Crippen LogP contribution in [-0.4, -0.2) is 31.6 Å². The first-order valence-electron chi connectivity index (χ1n) is 5.66. The first-order chi connectivity index (χ1) is 7.49. The van der Waals surface area contributed by atoms with E-state index in [-0.39, 0.29) is 12.1 Å². The summed E-state index contributed by atoms with van der Waals surface area (Å²) in [5.41, 5.74) is 7.21. The van der Waals surface area contributed by atoms with Crippen molar-refractivity contribution in [3.05, 3.63) is 29.8 Å². The molecule has 0 saturated carbocycles. The lowest BCUT2D eigenvalue weighted by atomic mass is 10.1. The van der Waals surface area contributed by atoms with Gasteiger partial charge in [-0.2, -0.15) is 0 Å². The average molecular weight is 222 g/mol. The summed E-state index contributed by atoms with van der Waals surface area (Å²) in [5.74, 6) is 0.899. The average Bonchev–Trinajstić information content (AvgIpc) is 2.16. The number of nitrogens with two attached hydrogens (primary N) is 1. The third kappa shape index (κ3) is 4.21. The van der Waals surface area contributed by atoms with Crippen LogP contribution in [0.4, 0.5) is 0 Å². The van der Waals surface area contributed by atoms with Crippen molar-refractivity contribution in [3.63, 3.8) is 0 Å². The zero-order valence-corrected chi connectivity index (χ0v) is 10.6. The Hall–Kier alpha value is -1.06. The minimum atomic E-state index is 0.0584. The van der Waals surface area contributed by atoms with Gasteiger partial charge in [0.1, 0.15) is 5.75 Å². The molecule has 0 bridgehead atoms. The number of benzene rings is 1. The summed E-state index contributed by atoms with van der Waals surface area (Å²) in [6, 6.07) is 8.08. The lowest BCUT2D eigenvalue weighted by molar-refractivity contribution is 0.242. The highest BCUT2D eigenvalue weighted by atomic mass is 16.5. The third-order valence-electron chi connectivity index (χ3n) is 2.24. The zero-order valence-electron chi connectivity index (χ0n) is 10.6. The van der Waals surface area contributed by atoms with Gasteiger partial charge >= 0.3 is 0 Å². The lowest BCUT2D eigenvalue weighted by Gasteiger charge is -2.17. The Kier molecular flexibility index (Phi) is 4.77. The summed E-state index contributed by atoms with van der Waals surface area (Å²) >= 11 is 0. The molecular formula is C13H22N2O. The molecule has 1 atom stereocenters. The Bertz CT molecular complexity index is 306. The van der Waals surface area contributed by atoms with E-state index in [9.17, 15) is 0 Å². The van der Waals surface area contributed by atoms with Gasteiger partial charge in [0.2, 0.25) is 0 Å². The van der Waals surface area contributed by atoms with Gasteiger partial charge in [-0.05, 0) is 45.6 Å². The maximum Gasteiger partial charge on any atom is 0.119 e. The number of ether oxygens (including phenoxy) is 1. The molecule has 1 aromatic rings. The van der Waals surface area contributed by atoms with Crippen LogP contribution in [0.2, 0.25) is 0 Å². The molecule has 0 heterocycles. The van der Waals surface area contributed by atoms with Crippen molar-refractivity contribution in [2.75, 3.05) is 20.6 Å². The molecule has 0 amide bonds. The van der Waals surface area contributed by atoms with E-state index in [2.05, 4.69) is 4.90 Å². The summed E-state index contributed by atoms with van der Waals surface area (Å²) in [7, 11) is 4.05. The van der Waals surface area contributed by atoms with Crippen LogP contribution in [0.1, 0.15) is 25.5 Å². The predicted octanol–water partition coefficient (Wildman–Crippen LogP) is 2.04. The topological polar surface area (TPSA) is 38.5 Å². The molecule has 90 valence electrons. The fraction of sp³-hybridized carbons (Fsp3) is 0.538. The molecule has 16 heavy (non-hydrogen) atoms. The monoisotopic (exact) mass is 222 g/mol. The van der Waals surface area contributed by atoms with Crippen LogP contribution in [0.15, 0.2) is 24.3 Å². The highest BCUT2D eigenvalue weighted by molar-refractivity contribution is 5.29. The van der Waals surface area contributed by atoms with Crippen LogP contribution in [0.25, 0.3) is 0 Å². The van der Waals surface area contributed by atoms with Crippen molar-refractivity contribution in [2.24, 2.45) is 5.73 Å². The van der Waals surface area contributed by atoms with E-state index in [1.54, 1.807) is 0 Å². The number of nitrogens with zero attached hydrogens (tertiary/aromatic N) is 1. The van der Waals surface area contributed by atoms with E-state index in [0.717, 1.165) is 17.9 Å². The van der Waals surface area contributed by atoms with Gasteiger partial charge in [0, 0.05) is 12.6 Å². The molecule has 0 spiro atoms. The van der Waals surface area contributed by atoms with Gasteiger partial charge in [-0.1, -0.05) is 12.1 Å². The molecule has 3 nitrogen and oxygen atoms in total. The fourth-order valence-electron chi connectivity index (χ4n) is 1.56. The second-order valence-corrected chi connectivity index (χ2v) is 4.60. The van der Waals surface area contributed by atoms with Crippen molar-refractivity contribution in [3.8, 4) is 5.75 Å². The van der Waals surface area contributed by atoms with Gasteiger partial charge in [-0.15, -0.1) is 0 Å². The Morgan fingerprint density at radius 2 is 1.75 bits per heavy atom. The standard InChI is InChI=1S/C13H22N2O/c1-10(2)16-12-7-5-11(6-8-12)13(14)9-15(3)4/h5-8,10,13H,9,14H2,1-4H3. The van der Waals surface area contributed by atoms with E-state index < -0.39 is 0 Å². The van der Waals surface area contributed by atoms with Crippen LogP contribution < -0.4 is 10.5 Å². The van der Waals surface area contributed by atoms with E-state index in [4.69, 9.17) is 10.5 Å². The fourth-order valence-corrected chi connectivity index (χ4v) is 1.56. The number of hydrogen-bond acceptors (Lipinski definition) is 3. The molecule has 0 fully saturated rings. The Balaban J connectivity index is 2.63. The number of rotatable bonds is 5. The quantitative estimate of drug-likeness (QED) is 0.828. The molecule has 2 N–H and O–H groups in total. The van der Waals surface area contributed by atoms with Gasteiger partial charge in [0.05, 0.1) is 6.10 Å². The van der Waals surface area contributed by atoms with Crippen LogP contribution in [-0.2, 0) is 0 Å². The van der Waals surface area contributed by atoms with Gasteiger partial charge in [0.25, 0.3) is 0 Å². The molecular weight excluding hydrogens is 200 g/mol. The molecule has 0 aliphatic carbocycles. The van der Waals surface area contributed by atoms with Gasteiger partial charge < -0.3 is 15.4 Å².